The van der Waals surface area contributed by atoms with Gasteiger partial charge in [-0.05, 0) is 61.0 Å². The van der Waals surface area contributed by atoms with E-state index < -0.39 is 11.5 Å². The van der Waals surface area contributed by atoms with Crippen LogP contribution in [0.1, 0.15) is 34.8 Å². The molecule has 1 unspecified atom stereocenters. The van der Waals surface area contributed by atoms with Crippen LogP contribution in [0.5, 0.6) is 5.75 Å². The van der Waals surface area contributed by atoms with Gasteiger partial charge in [-0.2, -0.15) is 0 Å². The van der Waals surface area contributed by atoms with Crippen LogP contribution < -0.4 is 9.64 Å². The summed E-state index contributed by atoms with van der Waals surface area (Å²) in [6.45, 7) is 2.69. The van der Waals surface area contributed by atoms with E-state index in [0.717, 1.165) is 14.5 Å². The standard InChI is InChI=1S/C25H21Br2NO4/c1-2-32-19-10-7-16(8-11-19)23(29)14-25(31)20-13-18(26)9-12-22(20)28(24(25)30)15-17-5-3-4-6-21(17)27/h3-13,31H,2,14-15H2,1H3. The minimum absolute atomic E-state index is 0.272. The van der Waals surface area contributed by atoms with Crippen LogP contribution in [-0.2, 0) is 16.9 Å². The van der Waals surface area contributed by atoms with Gasteiger partial charge in [0.25, 0.3) is 5.91 Å². The van der Waals surface area contributed by atoms with Gasteiger partial charge in [-0.15, -0.1) is 0 Å². The monoisotopic (exact) mass is 557 g/mol. The number of carbonyl (C=O) groups is 2. The number of ether oxygens (including phenoxy) is 1. The average molecular weight is 559 g/mol. The van der Waals surface area contributed by atoms with Crippen LogP contribution in [0.25, 0.3) is 0 Å². The van der Waals surface area contributed by atoms with Crippen LogP contribution in [0.3, 0.4) is 0 Å². The summed E-state index contributed by atoms with van der Waals surface area (Å²) >= 11 is 6.94. The maximum Gasteiger partial charge on any atom is 0.264 e. The average Bonchev–Trinajstić information content (AvgIpc) is 2.97. The highest BCUT2D eigenvalue weighted by Crippen LogP contribution is 2.45. The lowest BCUT2D eigenvalue weighted by atomic mass is 9.88. The largest absolute Gasteiger partial charge is 0.494 e. The highest BCUT2D eigenvalue weighted by molar-refractivity contribution is 9.10. The first-order valence-electron chi connectivity index (χ1n) is 10.2. The zero-order chi connectivity index (χ0) is 22.9. The number of rotatable bonds is 7. The number of benzene rings is 3. The molecule has 0 bridgehead atoms. The normalized spacial score (nSPS) is 17.4. The molecule has 3 aromatic carbocycles. The topological polar surface area (TPSA) is 66.8 Å². The third-order valence-corrected chi connectivity index (χ3v) is 6.75. The Kier molecular flexibility index (Phi) is 6.51. The van der Waals surface area contributed by atoms with Gasteiger partial charge in [-0.3, -0.25) is 9.59 Å². The van der Waals surface area contributed by atoms with E-state index in [4.69, 9.17) is 4.74 Å². The fourth-order valence-electron chi connectivity index (χ4n) is 3.89. The van der Waals surface area contributed by atoms with Crippen molar-refractivity contribution in [2.45, 2.75) is 25.5 Å². The van der Waals surface area contributed by atoms with Crippen LogP contribution in [0.4, 0.5) is 5.69 Å². The van der Waals surface area contributed by atoms with Crippen molar-refractivity contribution in [3.05, 3.63) is 92.4 Å². The van der Waals surface area contributed by atoms with E-state index in [9.17, 15) is 14.7 Å². The van der Waals surface area contributed by atoms with Gasteiger partial charge in [0, 0.05) is 20.1 Å². The molecule has 1 aliphatic heterocycles. The van der Waals surface area contributed by atoms with Crippen molar-refractivity contribution in [2.75, 3.05) is 11.5 Å². The molecule has 7 heteroatoms. The van der Waals surface area contributed by atoms with Gasteiger partial charge in [-0.1, -0.05) is 50.1 Å². The number of carbonyl (C=O) groups excluding carboxylic acids is 2. The molecule has 1 heterocycles. The van der Waals surface area contributed by atoms with Crippen molar-refractivity contribution < 1.29 is 19.4 Å². The molecule has 164 valence electrons. The molecule has 3 aromatic rings. The molecule has 0 saturated heterocycles. The zero-order valence-electron chi connectivity index (χ0n) is 17.3. The minimum Gasteiger partial charge on any atom is -0.494 e. The van der Waals surface area contributed by atoms with E-state index in [-0.39, 0.29) is 18.7 Å². The molecule has 4 rings (SSSR count). The molecule has 5 nitrogen and oxygen atoms in total. The third kappa shape index (κ3) is 4.25. The van der Waals surface area contributed by atoms with Gasteiger partial charge in [-0.25, -0.2) is 0 Å². The number of hydrogen-bond donors (Lipinski definition) is 1. The molecule has 0 spiro atoms. The van der Waals surface area contributed by atoms with Gasteiger partial charge in [0.15, 0.2) is 11.4 Å². The van der Waals surface area contributed by atoms with Crippen LogP contribution in [-0.4, -0.2) is 23.4 Å². The molecular weight excluding hydrogens is 538 g/mol. The SMILES string of the molecule is CCOc1ccc(C(=O)CC2(O)C(=O)N(Cc3ccccc3Br)c3ccc(Br)cc32)cc1. The second-order valence-electron chi connectivity index (χ2n) is 7.56. The molecule has 1 atom stereocenters. The fourth-order valence-corrected chi connectivity index (χ4v) is 4.66. The summed E-state index contributed by atoms with van der Waals surface area (Å²) < 4.78 is 7.01. The van der Waals surface area contributed by atoms with Crippen molar-refractivity contribution in [2.24, 2.45) is 0 Å². The van der Waals surface area contributed by atoms with E-state index in [0.29, 0.717) is 29.2 Å². The van der Waals surface area contributed by atoms with Crippen molar-refractivity contribution in [3.8, 4) is 5.75 Å². The van der Waals surface area contributed by atoms with Gasteiger partial charge >= 0.3 is 0 Å². The van der Waals surface area contributed by atoms with Crippen molar-refractivity contribution in [1.29, 1.82) is 0 Å². The summed E-state index contributed by atoms with van der Waals surface area (Å²) in [4.78, 5) is 28.1. The van der Waals surface area contributed by atoms with E-state index in [1.807, 2.05) is 37.3 Å². The summed E-state index contributed by atoms with van der Waals surface area (Å²) in [6, 6.07) is 19.6. The van der Waals surface area contributed by atoms with Gasteiger partial charge in [0.05, 0.1) is 25.3 Å². The quantitative estimate of drug-likeness (QED) is 0.382. The number of fused-ring (bicyclic) bond motifs is 1. The summed E-state index contributed by atoms with van der Waals surface area (Å²) in [5, 5.41) is 11.6. The Balaban J connectivity index is 1.67. The third-order valence-electron chi connectivity index (χ3n) is 5.48. The van der Waals surface area contributed by atoms with E-state index in [2.05, 4.69) is 31.9 Å². The number of nitrogens with zero attached hydrogens (tertiary/aromatic N) is 1. The molecule has 32 heavy (non-hydrogen) atoms. The number of anilines is 1. The number of ketones is 1. The van der Waals surface area contributed by atoms with Crippen LogP contribution >= 0.6 is 31.9 Å². The summed E-state index contributed by atoms with van der Waals surface area (Å²) in [5.74, 6) is -0.174. The van der Waals surface area contributed by atoms with Crippen molar-refractivity contribution in [1.82, 2.24) is 0 Å². The Labute approximate surface area is 203 Å². The lowest BCUT2D eigenvalue weighted by Gasteiger charge is -2.23. The number of Topliss-reactive ketones (excluding diaryl/α,β-unsaturated/α-hetero) is 1. The van der Waals surface area contributed by atoms with Gasteiger partial charge in [0.1, 0.15) is 5.75 Å². The molecule has 0 radical (unpaired) electrons. The second kappa shape index (κ2) is 9.17. The lowest BCUT2D eigenvalue weighted by Crippen LogP contribution is -2.41. The van der Waals surface area contributed by atoms with E-state index >= 15 is 0 Å². The Morgan fingerprint density at radius 1 is 1.06 bits per heavy atom. The van der Waals surface area contributed by atoms with Crippen LogP contribution in [0.2, 0.25) is 0 Å². The molecule has 0 fully saturated rings. The van der Waals surface area contributed by atoms with Crippen molar-refractivity contribution >= 4 is 49.2 Å². The Morgan fingerprint density at radius 2 is 1.78 bits per heavy atom. The van der Waals surface area contributed by atoms with Crippen molar-refractivity contribution in [3.63, 3.8) is 0 Å². The molecule has 1 aliphatic rings. The minimum atomic E-state index is -1.95. The second-order valence-corrected chi connectivity index (χ2v) is 9.33. The first-order chi connectivity index (χ1) is 15.3. The van der Waals surface area contributed by atoms with E-state index in [1.54, 1.807) is 36.4 Å². The predicted octanol–water partition coefficient (Wildman–Crippen LogP) is 5.62. The smallest absolute Gasteiger partial charge is 0.264 e. The molecule has 0 aliphatic carbocycles. The molecule has 0 saturated carbocycles. The Morgan fingerprint density at radius 3 is 2.47 bits per heavy atom. The zero-order valence-corrected chi connectivity index (χ0v) is 20.5. The molecule has 1 amide bonds. The number of halogens is 2. The maximum absolute atomic E-state index is 13.5. The van der Waals surface area contributed by atoms with Crippen LogP contribution in [0, 0.1) is 0 Å². The molecule has 0 aromatic heterocycles. The Bertz CT molecular complexity index is 1180. The summed E-state index contributed by atoms with van der Waals surface area (Å²) in [5.41, 5.74) is 0.377. The predicted molar refractivity (Wildman–Crippen MR) is 130 cm³/mol. The highest BCUT2D eigenvalue weighted by atomic mass is 79.9. The number of amides is 1. The van der Waals surface area contributed by atoms with Crippen LogP contribution in [0.15, 0.2) is 75.7 Å². The molecule has 1 N–H and O–H groups in total. The maximum atomic E-state index is 13.5. The summed E-state index contributed by atoms with van der Waals surface area (Å²) in [7, 11) is 0. The Hall–Kier alpha value is -2.48. The fraction of sp³-hybridized carbons (Fsp3) is 0.200. The van der Waals surface area contributed by atoms with Gasteiger partial charge < -0.3 is 14.7 Å². The van der Waals surface area contributed by atoms with E-state index in [1.165, 1.54) is 4.90 Å². The first kappa shape index (κ1) is 22.7. The first-order valence-corrected chi connectivity index (χ1v) is 11.8. The lowest BCUT2D eigenvalue weighted by molar-refractivity contribution is -0.136. The number of hydrogen-bond acceptors (Lipinski definition) is 4. The number of aliphatic hydroxyl groups is 1. The summed E-state index contributed by atoms with van der Waals surface area (Å²) in [6.07, 6.45) is -0.351. The molecular formula is C25H21Br2NO4. The highest BCUT2D eigenvalue weighted by Gasteiger charge is 2.51. The van der Waals surface area contributed by atoms with Gasteiger partial charge in [0.2, 0.25) is 0 Å².